The molecule has 1 amide bonds. The molecule has 156 valence electrons. The van der Waals surface area contributed by atoms with Crippen LogP contribution in [0.25, 0.3) is 0 Å². The lowest BCUT2D eigenvalue weighted by Gasteiger charge is -2.34. The summed E-state index contributed by atoms with van der Waals surface area (Å²) < 4.78 is 5.46. The van der Waals surface area contributed by atoms with E-state index in [1.165, 1.54) is 16.2 Å². The van der Waals surface area contributed by atoms with Crippen molar-refractivity contribution in [3.05, 3.63) is 29.3 Å². The molecule has 0 bridgehead atoms. The lowest BCUT2D eigenvalue weighted by Crippen LogP contribution is -2.42. The van der Waals surface area contributed by atoms with Crippen LogP contribution in [0.4, 0.5) is 10.5 Å². The molecule has 1 saturated heterocycles. The SMILES string of the molecule is CC(C)(C)OC(=O)N1CCC(CCN(O)c2ccc3c(c2)CCNCC3)CC1. The first-order valence-corrected chi connectivity index (χ1v) is 10.6. The summed E-state index contributed by atoms with van der Waals surface area (Å²) in [6.45, 7) is 9.79. The number of rotatable bonds is 4. The van der Waals surface area contributed by atoms with Gasteiger partial charge in [0.15, 0.2) is 0 Å². The minimum absolute atomic E-state index is 0.214. The van der Waals surface area contributed by atoms with E-state index in [0.29, 0.717) is 12.5 Å². The van der Waals surface area contributed by atoms with Gasteiger partial charge in [0, 0.05) is 19.6 Å². The molecule has 0 saturated carbocycles. The Morgan fingerprint density at radius 3 is 2.57 bits per heavy atom. The van der Waals surface area contributed by atoms with E-state index < -0.39 is 5.60 Å². The largest absolute Gasteiger partial charge is 0.444 e. The normalized spacial score (nSPS) is 18.4. The van der Waals surface area contributed by atoms with Crippen molar-refractivity contribution < 1.29 is 14.7 Å². The second kappa shape index (κ2) is 9.14. The van der Waals surface area contributed by atoms with Crippen LogP contribution < -0.4 is 10.4 Å². The number of nitrogens with zero attached hydrogens (tertiary/aromatic N) is 2. The van der Waals surface area contributed by atoms with Crippen LogP contribution in [0.15, 0.2) is 18.2 Å². The van der Waals surface area contributed by atoms with Crippen LogP contribution in [-0.2, 0) is 17.6 Å². The molecule has 0 radical (unpaired) electrons. The highest BCUT2D eigenvalue weighted by Gasteiger charge is 2.27. The number of carbonyl (C=O) groups is 1. The number of ether oxygens (including phenoxy) is 1. The standard InChI is InChI=1S/C22H35N3O3/c1-22(2,3)28-21(26)24-13-8-17(9-14-24)10-15-25(27)20-5-4-18-6-11-23-12-7-19(18)16-20/h4-5,16-17,23,27H,6-15H2,1-3H3. The molecule has 0 atom stereocenters. The van der Waals surface area contributed by atoms with Gasteiger partial charge < -0.3 is 15.0 Å². The molecule has 6 nitrogen and oxygen atoms in total. The molecule has 2 aliphatic rings. The smallest absolute Gasteiger partial charge is 0.410 e. The summed E-state index contributed by atoms with van der Waals surface area (Å²) in [6.07, 6.45) is 4.70. The summed E-state index contributed by atoms with van der Waals surface area (Å²) in [7, 11) is 0. The summed E-state index contributed by atoms with van der Waals surface area (Å²) in [6, 6.07) is 6.31. The monoisotopic (exact) mass is 389 g/mol. The highest BCUT2D eigenvalue weighted by molar-refractivity contribution is 5.68. The summed E-state index contributed by atoms with van der Waals surface area (Å²) in [5.41, 5.74) is 3.16. The van der Waals surface area contributed by atoms with E-state index in [2.05, 4.69) is 17.4 Å². The zero-order valence-corrected chi connectivity index (χ0v) is 17.5. The molecular formula is C22H35N3O3. The first-order chi connectivity index (χ1) is 13.3. The molecule has 1 aromatic rings. The Kier molecular flexibility index (Phi) is 6.83. The topological polar surface area (TPSA) is 65.0 Å². The molecule has 0 aliphatic carbocycles. The third-order valence-corrected chi connectivity index (χ3v) is 5.65. The van der Waals surface area contributed by atoms with E-state index in [1.54, 1.807) is 4.90 Å². The Morgan fingerprint density at radius 2 is 1.89 bits per heavy atom. The minimum atomic E-state index is -0.449. The number of anilines is 1. The molecule has 1 fully saturated rings. The number of hydrogen-bond acceptors (Lipinski definition) is 5. The third-order valence-electron chi connectivity index (χ3n) is 5.65. The van der Waals surface area contributed by atoms with Crippen LogP contribution in [-0.4, -0.2) is 54.5 Å². The van der Waals surface area contributed by atoms with Gasteiger partial charge in [0.05, 0.1) is 5.69 Å². The fraction of sp³-hybridized carbons (Fsp3) is 0.682. The van der Waals surface area contributed by atoms with Crippen molar-refractivity contribution in [1.82, 2.24) is 10.2 Å². The van der Waals surface area contributed by atoms with E-state index in [4.69, 9.17) is 4.74 Å². The van der Waals surface area contributed by atoms with Gasteiger partial charge in [-0.05, 0) is 95.1 Å². The predicted molar refractivity (Wildman–Crippen MR) is 111 cm³/mol. The fourth-order valence-electron chi connectivity index (χ4n) is 3.99. The highest BCUT2D eigenvalue weighted by atomic mass is 16.6. The number of nitrogens with one attached hydrogen (secondary N) is 1. The minimum Gasteiger partial charge on any atom is -0.444 e. The van der Waals surface area contributed by atoms with E-state index in [-0.39, 0.29) is 6.09 Å². The number of carbonyl (C=O) groups excluding carboxylic acids is 1. The molecule has 28 heavy (non-hydrogen) atoms. The molecule has 3 rings (SSSR count). The van der Waals surface area contributed by atoms with E-state index in [9.17, 15) is 10.0 Å². The van der Waals surface area contributed by atoms with Crippen molar-refractivity contribution in [3.63, 3.8) is 0 Å². The lowest BCUT2D eigenvalue weighted by atomic mass is 9.93. The molecule has 2 heterocycles. The van der Waals surface area contributed by atoms with Gasteiger partial charge in [-0.2, -0.15) is 0 Å². The third kappa shape index (κ3) is 5.85. The fourth-order valence-corrected chi connectivity index (χ4v) is 3.99. The van der Waals surface area contributed by atoms with Crippen LogP contribution >= 0.6 is 0 Å². The van der Waals surface area contributed by atoms with Crippen molar-refractivity contribution in [3.8, 4) is 0 Å². The van der Waals surface area contributed by atoms with E-state index in [1.807, 2.05) is 26.8 Å². The Balaban J connectivity index is 1.45. The van der Waals surface area contributed by atoms with Crippen LogP contribution in [0.1, 0.15) is 51.2 Å². The number of hydroxylamine groups is 1. The van der Waals surface area contributed by atoms with Gasteiger partial charge in [0.2, 0.25) is 0 Å². The Labute approximate surface area is 168 Å². The number of hydrogen-bond donors (Lipinski definition) is 2. The summed E-state index contributed by atoms with van der Waals surface area (Å²) in [5, 5.41) is 15.3. The maximum Gasteiger partial charge on any atom is 0.410 e. The van der Waals surface area contributed by atoms with E-state index in [0.717, 1.165) is 64.0 Å². The van der Waals surface area contributed by atoms with Gasteiger partial charge in [-0.3, -0.25) is 10.3 Å². The maximum atomic E-state index is 12.2. The van der Waals surface area contributed by atoms with Crippen LogP contribution in [0.2, 0.25) is 0 Å². The van der Waals surface area contributed by atoms with Gasteiger partial charge in [-0.25, -0.2) is 4.79 Å². The number of likely N-dealkylation sites (tertiary alicyclic amines) is 1. The summed E-state index contributed by atoms with van der Waals surface area (Å²) >= 11 is 0. The first kappa shape index (κ1) is 20.9. The van der Waals surface area contributed by atoms with Crippen LogP contribution in [0, 0.1) is 5.92 Å². The molecule has 0 spiro atoms. The second-order valence-electron chi connectivity index (χ2n) is 9.03. The molecule has 2 aliphatic heterocycles. The average molecular weight is 390 g/mol. The number of fused-ring (bicyclic) bond motifs is 1. The Hall–Kier alpha value is -1.79. The second-order valence-corrected chi connectivity index (χ2v) is 9.03. The van der Waals surface area contributed by atoms with E-state index >= 15 is 0 Å². The molecule has 0 aromatic heterocycles. The van der Waals surface area contributed by atoms with Crippen molar-refractivity contribution in [2.45, 2.75) is 58.5 Å². The van der Waals surface area contributed by atoms with Crippen molar-refractivity contribution in [1.29, 1.82) is 0 Å². The quantitative estimate of drug-likeness (QED) is 0.770. The molecule has 2 N–H and O–H groups in total. The van der Waals surface area contributed by atoms with Crippen LogP contribution in [0.3, 0.4) is 0 Å². The van der Waals surface area contributed by atoms with Gasteiger partial charge in [-0.1, -0.05) is 6.07 Å². The number of piperidine rings is 1. The van der Waals surface area contributed by atoms with Crippen molar-refractivity contribution in [2.75, 3.05) is 37.8 Å². The van der Waals surface area contributed by atoms with Gasteiger partial charge in [-0.15, -0.1) is 0 Å². The highest BCUT2D eigenvalue weighted by Crippen LogP contribution is 2.25. The predicted octanol–water partition coefficient (Wildman–Crippen LogP) is 3.61. The average Bonchev–Trinajstić information content (AvgIpc) is 2.90. The zero-order valence-electron chi connectivity index (χ0n) is 17.5. The zero-order chi connectivity index (χ0) is 20.1. The van der Waals surface area contributed by atoms with Gasteiger partial charge >= 0.3 is 6.09 Å². The van der Waals surface area contributed by atoms with Gasteiger partial charge in [0.1, 0.15) is 5.60 Å². The molecular weight excluding hydrogens is 354 g/mol. The molecule has 1 aromatic carbocycles. The summed E-state index contributed by atoms with van der Waals surface area (Å²) in [4.78, 5) is 14.0. The van der Waals surface area contributed by atoms with Crippen molar-refractivity contribution in [2.24, 2.45) is 5.92 Å². The maximum absolute atomic E-state index is 12.2. The summed E-state index contributed by atoms with van der Waals surface area (Å²) in [5.74, 6) is 0.526. The lowest BCUT2D eigenvalue weighted by molar-refractivity contribution is 0.0180. The van der Waals surface area contributed by atoms with Crippen LogP contribution in [0.5, 0.6) is 0 Å². The first-order valence-electron chi connectivity index (χ1n) is 10.6. The Morgan fingerprint density at radius 1 is 1.21 bits per heavy atom. The molecule has 6 heteroatoms. The molecule has 0 unspecified atom stereocenters. The Bertz CT molecular complexity index is 663. The van der Waals surface area contributed by atoms with Gasteiger partial charge in [0.25, 0.3) is 0 Å². The number of amides is 1. The van der Waals surface area contributed by atoms with Crippen molar-refractivity contribution >= 4 is 11.8 Å². The number of benzene rings is 1.